The van der Waals surface area contributed by atoms with Gasteiger partial charge >= 0.3 is 0 Å². The number of hydrogen-bond donors (Lipinski definition) is 1. The Bertz CT molecular complexity index is 583. The van der Waals surface area contributed by atoms with E-state index in [1.807, 2.05) is 18.2 Å². The first-order valence-corrected chi connectivity index (χ1v) is 7.35. The van der Waals surface area contributed by atoms with E-state index in [1.54, 1.807) is 0 Å². The quantitative estimate of drug-likeness (QED) is 0.906. The Morgan fingerprint density at radius 1 is 1.16 bits per heavy atom. The van der Waals surface area contributed by atoms with Crippen LogP contribution in [-0.2, 0) is 13.0 Å². The minimum Gasteiger partial charge on any atom is -0.487 e. The van der Waals surface area contributed by atoms with Crippen LogP contribution in [0.2, 0.25) is 0 Å². The van der Waals surface area contributed by atoms with Crippen LogP contribution in [0.1, 0.15) is 17.5 Å². The van der Waals surface area contributed by atoms with E-state index in [9.17, 15) is 0 Å². The molecule has 3 rings (SSSR count). The topological polar surface area (TPSA) is 21.3 Å². The zero-order valence-electron chi connectivity index (χ0n) is 10.7. The summed E-state index contributed by atoms with van der Waals surface area (Å²) < 4.78 is 7.05. The van der Waals surface area contributed by atoms with Gasteiger partial charge < -0.3 is 10.1 Å². The van der Waals surface area contributed by atoms with Crippen molar-refractivity contribution in [1.82, 2.24) is 0 Å². The van der Waals surface area contributed by atoms with Gasteiger partial charge in [-0.1, -0.05) is 40.2 Å². The van der Waals surface area contributed by atoms with Gasteiger partial charge in [-0.15, -0.1) is 0 Å². The van der Waals surface area contributed by atoms with Gasteiger partial charge in [-0.25, -0.2) is 0 Å². The summed E-state index contributed by atoms with van der Waals surface area (Å²) >= 11 is 3.48. The van der Waals surface area contributed by atoms with Crippen molar-refractivity contribution in [3.63, 3.8) is 0 Å². The summed E-state index contributed by atoms with van der Waals surface area (Å²) in [5.41, 5.74) is 3.70. The molecule has 0 aliphatic carbocycles. The van der Waals surface area contributed by atoms with E-state index >= 15 is 0 Å². The first-order valence-electron chi connectivity index (χ1n) is 6.56. The Morgan fingerprint density at radius 2 is 2.05 bits per heavy atom. The Hall–Kier alpha value is -1.48. The van der Waals surface area contributed by atoms with Crippen molar-refractivity contribution >= 4 is 21.6 Å². The van der Waals surface area contributed by atoms with Crippen LogP contribution in [0, 0.1) is 0 Å². The SMILES string of the molecule is Brc1cccc(COc2cccc3c2NCCC3)c1. The van der Waals surface area contributed by atoms with Crippen molar-refractivity contribution in [1.29, 1.82) is 0 Å². The maximum atomic E-state index is 5.96. The molecule has 0 spiro atoms. The average molecular weight is 318 g/mol. The highest BCUT2D eigenvalue weighted by Crippen LogP contribution is 2.32. The van der Waals surface area contributed by atoms with Crippen molar-refractivity contribution in [3.05, 3.63) is 58.1 Å². The van der Waals surface area contributed by atoms with Crippen LogP contribution in [0.25, 0.3) is 0 Å². The molecule has 0 unspecified atom stereocenters. The molecule has 98 valence electrons. The van der Waals surface area contributed by atoms with Gasteiger partial charge in [0.25, 0.3) is 0 Å². The van der Waals surface area contributed by atoms with Gasteiger partial charge in [-0.3, -0.25) is 0 Å². The summed E-state index contributed by atoms with van der Waals surface area (Å²) in [6.45, 7) is 1.63. The van der Waals surface area contributed by atoms with Crippen LogP contribution in [0.4, 0.5) is 5.69 Å². The fraction of sp³-hybridized carbons (Fsp3) is 0.250. The summed E-state index contributed by atoms with van der Waals surface area (Å²) in [6.07, 6.45) is 2.33. The fourth-order valence-corrected chi connectivity index (χ4v) is 2.83. The summed E-state index contributed by atoms with van der Waals surface area (Å²) in [6, 6.07) is 14.5. The monoisotopic (exact) mass is 317 g/mol. The van der Waals surface area contributed by atoms with Gasteiger partial charge in [0, 0.05) is 11.0 Å². The third-order valence-electron chi connectivity index (χ3n) is 3.32. The minimum absolute atomic E-state index is 0.595. The summed E-state index contributed by atoms with van der Waals surface area (Å²) in [5.74, 6) is 0.956. The van der Waals surface area contributed by atoms with E-state index in [4.69, 9.17) is 4.74 Å². The van der Waals surface area contributed by atoms with Crippen molar-refractivity contribution < 1.29 is 4.74 Å². The lowest BCUT2D eigenvalue weighted by Gasteiger charge is -2.21. The van der Waals surface area contributed by atoms with E-state index in [-0.39, 0.29) is 0 Å². The Labute approximate surface area is 121 Å². The molecular weight excluding hydrogens is 302 g/mol. The molecule has 1 aliphatic rings. The standard InChI is InChI=1S/C16H16BrNO/c17-14-7-1-4-12(10-14)11-19-15-8-2-5-13-6-3-9-18-16(13)15/h1-2,4-5,7-8,10,18H,3,6,9,11H2. The maximum Gasteiger partial charge on any atom is 0.143 e. The molecule has 0 saturated heterocycles. The molecule has 0 saturated carbocycles. The number of ether oxygens (including phenoxy) is 1. The number of nitrogens with one attached hydrogen (secondary N) is 1. The van der Waals surface area contributed by atoms with E-state index in [0.717, 1.165) is 23.2 Å². The maximum absolute atomic E-state index is 5.96. The van der Waals surface area contributed by atoms with Crippen molar-refractivity contribution in [3.8, 4) is 5.75 Å². The van der Waals surface area contributed by atoms with E-state index in [1.165, 1.54) is 23.2 Å². The molecule has 0 bridgehead atoms. The molecule has 2 aromatic rings. The molecule has 0 fully saturated rings. The molecular formula is C16H16BrNO. The fourth-order valence-electron chi connectivity index (χ4n) is 2.39. The highest BCUT2D eigenvalue weighted by Gasteiger charge is 2.13. The van der Waals surface area contributed by atoms with Gasteiger partial charge in [0.15, 0.2) is 0 Å². The van der Waals surface area contributed by atoms with Crippen LogP contribution in [0.5, 0.6) is 5.75 Å². The van der Waals surface area contributed by atoms with Crippen molar-refractivity contribution in [2.24, 2.45) is 0 Å². The largest absolute Gasteiger partial charge is 0.487 e. The number of aryl methyl sites for hydroxylation is 1. The third kappa shape index (κ3) is 2.92. The van der Waals surface area contributed by atoms with Crippen LogP contribution in [0.3, 0.4) is 0 Å². The Kier molecular flexibility index (Phi) is 3.74. The molecule has 0 aromatic heterocycles. The summed E-state index contributed by atoms with van der Waals surface area (Å²) in [4.78, 5) is 0. The zero-order chi connectivity index (χ0) is 13.1. The lowest BCUT2D eigenvalue weighted by molar-refractivity contribution is 0.307. The van der Waals surface area contributed by atoms with E-state index < -0.39 is 0 Å². The van der Waals surface area contributed by atoms with Gasteiger partial charge in [0.05, 0.1) is 5.69 Å². The predicted molar refractivity (Wildman–Crippen MR) is 81.7 cm³/mol. The van der Waals surface area contributed by atoms with Crippen LogP contribution < -0.4 is 10.1 Å². The number of para-hydroxylation sites is 1. The number of benzene rings is 2. The zero-order valence-corrected chi connectivity index (χ0v) is 12.2. The Morgan fingerprint density at radius 3 is 2.95 bits per heavy atom. The van der Waals surface area contributed by atoms with Gasteiger partial charge in [0.2, 0.25) is 0 Å². The lowest BCUT2D eigenvalue weighted by Crippen LogP contribution is -2.13. The van der Waals surface area contributed by atoms with E-state index in [0.29, 0.717) is 6.61 Å². The summed E-state index contributed by atoms with van der Waals surface area (Å²) in [7, 11) is 0. The smallest absolute Gasteiger partial charge is 0.143 e. The lowest BCUT2D eigenvalue weighted by atomic mass is 10.0. The molecule has 3 heteroatoms. The van der Waals surface area contributed by atoms with Crippen molar-refractivity contribution in [2.75, 3.05) is 11.9 Å². The van der Waals surface area contributed by atoms with E-state index in [2.05, 4.69) is 45.5 Å². The molecule has 0 radical (unpaired) electrons. The molecule has 19 heavy (non-hydrogen) atoms. The second-order valence-corrected chi connectivity index (χ2v) is 5.65. The molecule has 1 heterocycles. The predicted octanol–water partition coefficient (Wildman–Crippen LogP) is 4.39. The molecule has 1 aliphatic heterocycles. The normalized spacial score (nSPS) is 13.5. The number of fused-ring (bicyclic) bond motifs is 1. The molecule has 0 atom stereocenters. The number of hydrogen-bond acceptors (Lipinski definition) is 2. The van der Waals surface area contributed by atoms with Crippen LogP contribution in [-0.4, -0.2) is 6.54 Å². The van der Waals surface area contributed by atoms with Crippen LogP contribution >= 0.6 is 15.9 Å². The summed E-state index contributed by atoms with van der Waals surface area (Å²) in [5, 5.41) is 3.44. The molecule has 2 aromatic carbocycles. The second kappa shape index (κ2) is 5.66. The Balaban J connectivity index is 1.77. The van der Waals surface area contributed by atoms with Crippen molar-refractivity contribution in [2.45, 2.75) is 19.4 Å². The third-order valence-corrected chi connectivity index (χ3v) is 3.81. The molecule has 1 N–H and O–H groups in total. The average Bonchev–Trinajstić information content (AvgIpc) is 2.45. The number of halogens is 1. The second-order valence-electron chi connectivity index (χ2n) is 4.74. The first-order chi connectivity index (χ1) is 9.33. The number of anilines is 1. The van der Waals surface area contributed by atoms with Gasteiger partial charge in [0.1, 0.15) is 12.4 Å². The first kappa shape index (κ1) is 12.5. The highest BCUT2D eigenvalue weighted by molar-refractivity contribution is 9.10. The minimum atomic E-state index is 0.595. The highest BCUT2D eigenvalue weighted by atomic mass is 79.9. The van der Waals surface area contributed by atoms with Gasteiger partial charge in [-0.2, -0.15) is 0 Å². The van der Waals surface area contributed by atoms with Gasteiger partial charge in [-0.05, 0) is 42.2 Å². The van der Waals surface area contributed by atoms with Crippen LogP contribution in [0.15, 0.2) is 46.9 Å². The number of rotatable bonds is 3. The molecule has 2 nitrogen and oxygen atoms in total. The molecule has 0 amide bonds.